The van der Waals surface area contributed by atoms with E-state index in [1.165, 1.54) is 11.3 Å². The van der Waals surface area contributed by atoms with Crippen LogP contribution in [0.3, 0.4) is 0 Å². The van der Waals surface area contributed by atoms with E-state index in [1.807, 2.05) is 25.1 Å². The zero-order chi connectivity index (χ0) is 12.4. The number of aromatic nitrogens is 1. The van der Waals surface area contributed by atoms with Gasteiger partial charge in [-0.3, -0.25) is 0 Å². The molecule has 1 heterocycles. The maximum atomic E-state index is 5.91. The van der Waals surface area contributed by atoms with Crippen LogP contribution in [0.15, 0.2) is 22.7 Å². The molecule has 0 saturated carbocycles. The van der Waals surface area contributed by atoms with Crippen molar-refractivity contribution in [1.29, 1.82) is 0 Å². The quantitative estimate of drug-likeness (QED) is 0.690. The van der Waals surface area contributed by atoms with Crippen molar-refractivity contribution in [3.8, 4) is 10.9 Å². The van der Waals surface area contributed by atoms with E-state index in [1.54, 1.807) is 0 Å². The average Bonchev–Trinajstić information content (AvgIpc) is 2.64. The molecule has 0 saturated heterocycles. The second kappa shape index (κ2) is 5.57. The van der Waals surface area contributed by atoms with Gasteiger partial charge < -0.3 is 4.74 Å². The third kappa shape index (κ3) is 3.13. The van der Waals surface area contributed by atoms with E-state index in [4.69, 9.17) is 27.9 Å². The minimum absolute atomic E-state index is 0.345. The van der Waals surface area contributed by atoms with Crippen LogP contribution in [0, 0.1) is 6.92 Å². The van der Waals surface area contributed by atoms with Crippen LogP contribution in [0.5, 0.6) is 10.9 Å². The molecular formula is C11H8BrCl2NOS. The Kier molecular flexibility index (Phi) is 4.31. The number of benzene rings is 1. The zero-order valence-electron chi connectivity index (χ0n) is 8.84. The summed E-state index contributed by atoms with van der Waals surface area (Å²) in [6.45, 7) is 1.97. The molecule has 90 valence electrons. The van der Waals surface area contributed by atoms with Crippen molar-refractivity contribution in [2.45, 2.75) is 12.8 Å². The first-order valence-corrected chi connectivity index (χ1v) is 7.27. The summed E-state index contributed by atoms with van der Waals surface area (Å²) >= 11 is 16.4. The highest BCUT2D eigenvalue weighted by Crippen LogP contribution is 2.34. The summed E-state index contributed by atoms with van der Waals surface area (Å²) in [7, 11) is 0. The Balaban J connectivity index is 2.27. The zero-order valence-corrected chi connectivity index (χ0v) is 12.8. The van der Waals surface area contributed by atoms with Gasteiger partial charge >= 0.3 is 0 Å². The number of hydrogen-bond acceptors (Lipinski definition) is 3. The highest BCUT2D eigenvalue weighted by atomic mass is 79.9. The Labute approximate surface area is 122 Å². The minimum atomic E-state index is 0.345. The Morgan fingerprint density at radius 2 is 2.24 bits per heavy atom. The van der Waals surface area contributed by atoms with E-state index in [0.29, 0.717) is 16.2 Å². The van der Waals surface area contributed by atoms with Gasteiger partial charge in [-0.05, 0) is 24.6 Å². The standard InChI is InChI=1S/C11H8BrCl2NOS/c1-6-2-3-7(12)4-8(6)16-11-15-10(14)9(5-13)17-11/h2-4H,5H2,1H3. The van der Waals surface area contributed by atoms with Gasteiger partial charge in [0.25, 0.3) is 5.19 Å². The number of halogens is 3. The number of nitrogens with zero attached hydrogens (tertiary/aromatic N) is 1. The van der Waals surface area contributed by atoms with Crippen LogP contribution >= 0.6 is 50.5 Å². The van der Waals surface area contributed by atoms with E-state index in [9.17, 15) is 0 Å². The van der Waals surface area contributed by atoms with E-state index in [0.717, 1.165) is 20.7 Å². The number of alkyl halides is 1. The highest BCUT2D eigenvalue weighted by molar-refractivity contribution is 9.10. The molecule has 6 heteroatoms. The van der Waals surface area contributed by atoms with Gasteiger partial charge in [0.05, 0.1) is 10.8 Å². The first-order chi connectivity index (χ1) is 8.10. The normalized spacial score (nSPS) is 10.6. The topological polar surface area (TPSA) is 22.1 Å². The van der Waals surface area contributed by atoms with Crippen molar-refractivity contribution in [2.75, 3.05) is 0 Å². The largest absolute Gasteiger partial charge is 0.431 e. The lowest BCUT2D eigenvalue weighted by atomic mass is 10.2. The fourth-order valence-electron chi connectivity index (χ4n) is 1.22. The number of ether oxygens (including phenoxy) is 1. The lowest BCUT2D eigenvalue weighted by molar-refractivity contribution is 0.475. The van der Waals surface area contributed by atoms with Crippen molar-refractivity contribution in [1.82, 2.24) is 4.98 Å². The molecular weight excluding hydrogens is 345 g/mol. The molecule has 2 rings (SSSR count). The maximum absolute atomic E-state index is 5.91. The minimum Gasteiger partial charge on any atom is -0.431 e. The number of aryl methyl sites for hydroxylation is 1. The van der Waals surface area contributed by atoms with Gasteiger partial charge in [0.2, 0.25) is 0 Å². The molecule has 0 bridgehead atoms. The second-order valence-electron chi connectivity index (χ2n) is 3.34. The molecule has 0 aliphatic carbocycles. The van der Waals surface area contributed by atoms with Crippen molar-refractivity contribution in [2.24, 2.45) is 0 Å². The first kappa shape index (κ1) is 13.1. The van der Waals surface area contributed by atoms with Gasteiger partial charge in [-0.15, -0.1) is 11.6 Å². The van der Waals surface area contributed by atoms with E-state index in [2.05, 4.69) is 20.9 Å². The fraction of sp³-hybridized carbons (Fsp3) is 0.182. The van der Waals surface area contributed by atoms with E-state index in [-0.39, 0.29) is 0 Å². The Bertz CT molecular complexity index is 544. The molecule has 2 aromatic rings. The Hall–Kier alpha value is -0.290. The highest BCUT2D eigenvalue weighted by Gasteiger charge is 2.11. The van der Waals surface area contributed by atoms with Gasteiger partial charge in [0.1, 0.15) is 10.9 Å². The lowest BCUT2D eigenvalue weighted by Gasteiger charge is -2.05. The predicted molar refractivity (Wildman–Crippen MR) is 75.6 cm³/mol. The lowest BCUT2D eigenvalue weighted by Crippen LogP contribution is -1.86. The molecule has 0 aliphatic rings. The van der Waals surface area contributed by atoms with Crippen LogP contribution < -0.4 is 4.74 Å². The van der Waals surface area contributed by atoms with Crippen LogP contribution in [0.2, 0.25) is 5.15 Å². The second-order valence-corrected chi connectivity index (χ2v) is 5.93. The number of thiazole rings is 1. The van der Waals surface area contributed by atoms with Crippen LogP contribution in [0.4, 0.5) is 0 Å². The van der Waals surface area contributed by atoms with Crippen LogP contribution in [0.25, 0.3) is 0 Å². The van der Waals surface area contributed by atoms with E-state index >= 15 is 0 Å². The van der Waals surface area contributed by atoms with Crippen LogP contribution in [-0.4, -0.2) is 4.98 Å². The van der Waals surface area contributed by atoms with Gasteiger partial charge in [0.15, 0.2) is 0 Å². The van der Waals surface area contributed by atoms with Crippen molar-refractivity contribution >= 4 is 50.5 Å². The average molecular weight is 353 g/mol. The molecule has 2 nitrogen and oxygen atoms in total. The first-order valence-electron chi connectivity index (χ1n) is 4.75. The van der Waals surface area contributed by atoms with Gasteiger partial charge in [-0.25, -0.2) is 0 Å². The molecule has 0 unspecified atom stereocenters. The monoisotopic (exact) mass is 351 g/mol. The predicted octanol–water partition coefficient (Wildman–Crippen LogP) is 5.40. The molecule has 17 heavy (non-hydrogen) atoms. The fourth-order valence-corrected chi connectivity index (χ4v) is 2.89. The summed E-state index contributed by atoms with van der Waals surface area (Å²) in [4.78, 5) is 4.93. The van der Waals surface area contributed by atoms with Crippen molar-refractivity contribution in [3.05, 3.63) is 38.3 Å². The molecule has 0 aliphatic heterocycles. The summed E-state index contributed by atoms with van der Waals surface area (Å²) in [5.41, 5.74) is 1.03. The van der Waals surface area contributed by atoms with Crippen molar-refractivity contribution < 1.29 is 4.74 Å². The van der Waals surface area contributed by atoms with Crippen LogP contribution in [-0.2, 0) is 5.88 Å². The summed E-state index contributed by atoms with van der Waals surface area (Å²) in [5, 5.41) is 0.916. The summed E-state index contributed by atoms with van der Waals surface area (Å²) in [6, 6.07) is 5.82. The number of hydrogen-bond donors (Lipinski definition) is 0. The molecule has 0 fully saturated rings. The van der Waals surface area contributed by atoms with Gasteiger partial charge in [0, 0.05) is 4.47 Å². The summed E-state index contributed by atoms with van der Waals surface area (Å²) in [6.07, 6.45) is 0. The SMILES string of the molecule is Cc1ccc(Br)cc1Oc1nc(Cl)c(CCl)s1. The molecule has 0 amide bonds. The molecule has 0 spiro atoms. The number of rotatable bonds is 3. The third-order valence-corrected chi connectivity index (χ3v) is 4.38. The smallest absolute Gasteiger partial charge is 0.280 e. The molecule has 1 aromatic heterocycles. The van der Waals surface area contributed by atoms with Gasteiger partial charge in [-0.2, -0.15) is 4.98 Å². The van der Waals surface area contributed by atoms with Gasteiger partial charge in [-0.1, -0.05) is 44.9 Å². The molecule has 0 radical (unpaired) electrons. The molecule has 0 atom stereocenters. The summed E-state index contributed by atoms with van der Waals surface area (Å²) < 4.78 is 6.64. The third-order valence-electron chi connectivity index (χ3n) is 2.10. The molecule has 0 N–H and O–H groups in total. The summed E-state index contributed by atoms with van der Waals surface area (Å²) in [5.74, 6) is 1.10. The Morgan fingerprint density at radius 1 is 1.47 bits per heavy atom. The Morgan fingerprint density at radius 3 is 2.88 bits per heavy atom. The van der Waals surface area contributed by atoms with Crippen molar-refractivity contribution in [3.63, 3.8) is 0 Å². The molecule has 1 aromatic carbocycles. The van der Waals surface area contributed by atoms with E-state index < -0.39 is 0 Å². The maximum Gasteiger partial charge on any atom is 0.280 e. The van der Waals surface area contributed by atoms with Crippen LogP contribution in [0.1, 0.15) is 10.4 Å².